The molecule has 1 heterocycles. The van der Waals surface area contributed by atoms with Crippen molar-refractivity contribution in [2.45, 2.75) is 121 Å². The van der Waals surface area contributed by atoms with Crippen molar-refractivity contribution in [2.75, 3.05) is 25.7 Å². The first-order valence-corrected chi connectivity index (χ1v) is 22.5. The number of benzene rings is 2. The topological polar surface area (TPSA) is 314 Å². The fourth-order valence-corrected chi connectivity index (χ4v) is 8.75. The Morgan fingerprint density at radius 1 is 0.954 bits per heavy atom. The van der Waals surface area contributed by atoms with Crippen LogP contribution in [0.15, 0.2) is 18.2 Å². The quantitative estimate of drug-likeness (QED) is 0.0756. The van der Waals surface area contributed by atoms with E-state index in [0.717, 1.165) is 6.92 Å². The number of carboxylic acid groups (broad SMARTS) is 1. The van der Waals surface area contributed by atoms with Gasteiger partial charge in [0.05, 0.1) is 55.0 Å². The number of carboxylic acids is 1. The highest BCUT2D eigenvalue weighted by Gasteiger charge is 2.50. The van der Waals surface area contributed by atoms with Crippen molar-refractivity contribution in [3.8, 4) is 17.2 Å². The SMILES string of the molecule is COc1cccc2c1C(=O)c1c(O)c3c(c(O)c1C2=O)C[C@@](O)(C(C)=O)C[C@@H]3O[C@H]1C[C@H](NC(=O)[C@H](CC(C)C)NC(=O)CNC(=O)[C@H](CCSC)NC(=O)CCC(=O)O)[C@H](O)[C@H](C)O1. The minimum absolute atomic E-state index is 0.0462. The van der Waals surface area contributed by atoms with Gasteiger partial charge in [0.25, 0.3) is 0 Å². The van der Waals surface area contributed by atoms with Crippen molar-refractivity contribution in [1.29, 1.82) is 0 Å². The number of aliphatic hydroxyl groups is 2. The number of Topliss-reactive ketones (excluding diaryl/α,β-unsaturated/α-hetero) is 1. The molecule has 1 fully saturated rings. The number of hydrogen-bond donors (Lipinski definition) is 9. The van der Waals surface area contributed by atoms with Crippen LogP contribution in [0.3, 0.4) is 0 Å². The molecule has 0 aromatic heterocycles. The number of ether oxygens (including phenoxy) is 3. The Balaban J connectivity index is 1.34. The monoisotopic (exact) mass is 928 g/mol. The second kappa shape index (κ2) is 21.1. The van der Waals surface area contributed by atoms with Crippen LogP contribution in [-0.2, 0) is 44.7 Å². The lowest BCUT2D eigenvalue weighted by atomic mass is 9.72. The van der Waals surface area contributed by atoms with Crippen molar-refractivity contribution in [3.63, 3.8) is 0 Å². The normalized spacial score (nSPS) is 23.2. The van der Waals surface area contributed by atoms with E-state index in [0.29, 0.717) is 5.75 Å². The maximum Gasteiger partial charge on any atom is 0.303 e. The average molecular weight is 929 g/mol. The molecule has 0 radical (unpaired) electrons. The lowest BCUT2D eigenvalue weighted by Crippen LogP contribution is -2.59. The van der Waals surface area contributed by atoms with Crippen molar-refractivity contribution in [3.05, 3.63) is 51.6 Å². The molecule has 1 aliphatic heterocycles. The van der Waals surface area contributed by atoms with Crippen LogP contribution >= 0.6 is 11.8 Å². The van der Waals surface area contributed by atoms with Crippen LogP contribution in [0.25, 0.3) is 0 Å². The Labute approximate surface area is 378 Å². The van der Waals surface area contributed by atoms with Gasteiger partial charge in [-0.1, -0.05) is 26.0 Å². The summed E-state index contributed by atoms with van der Waals surface area (Å²) < 4.78 is 17.6. The molecule has 65 heavy (non-hydrogen) atoms. The van der Waals surface area contributed by atoms with Crippen molar-refractivity contribution >= 4 is 58.7 Å². The molecule has 0 unspecified atom stereocenters. The lowest BCUT2D eigenvalue weighted by Gasteiger charge is -2.43. The first-order valence-electron chi connectivity index (χ1n) is 21.1. The van der Waals surface area contributed by atoms with Crippen LogP contribution in [0.4, 0.5) is 0 Å². The van der Waals surface area contributed by atoms with E-state index in [4.69, 9.17) is 19.3 Å². The maximum absolute atomic E-state index is 14.0. The summed E-state index contributed by atoms with van der Waals surface area (Å²) in [5, 5.41) is 65.5. The number of fused-ring (bicyclic) bond motifs is 3. The van der Waals surface area contributed by atoms with Crippen LogP contribution in [-0.4, -0.2) is 140 Å². The summed E-state index contributed by atoms with van der Waals surface area (Å²) in [6.45, 7) is 5.65. The molecule has 20 nitrogen and oxygen atoms in total. The van der Waals surface area contributed by atoms with E-state index >= 15 is 0 Å². The highest BCUT2D eigenvalue weighted by Crippen LogP contribution is 2.52. The fourth-order valence-electron chi connectivity index (χ4n) is 8.28. The number of rotatable bonds is 19. The van der Waals surface area contributed by atoms with Gasteiger partial charge in [-0.2, -0.15) is 11.8 Å². The van der Waals surface area contributed by atoms with Crippen molar-refractivity contribution < 1.29 is 78.1 Å². The number of hydrogen-bond acceptors (Lipinski definition) is 16. The number of carbonyl (C=O) groups excluding carboxylic acids is 7. The van der Waals surface area contributed by atoms with E-state index in [2.05, 4.69) is 21.3 Å². The van der Waals surface area contributed by atoms with E-state index in [-0.39, 0.29) is 59.6 Å². The predicted octanol–water partition coefficient (Wildman–Crippen LogP) is 0.936. The summed E-state index contributed by atoms with van der Waals surface area (Å²) in [6.07, 6.45) is -5.07. The fraction of sp³-hybridized carbons (Fsp3) is 0.545. The number of nitrogens with one attached hydrogen (secondary N) is 4. The number of ketones is 3. The van der Waals surface area contributed by atoms with Crippen LogP contribution in [0.2, 0.25) is 0 Å². The van der Waals surface area contributed by atoms with Crippen LogP contribution in [0, 0.1) is 5.92 Å². The third-order valence-electron chi connectivity index (χ3n) is 11.7. The van der Waals surface area contributed by atoms with E-state index in [1.54, 1.807) is 20.1 Å². The van der Waals surface area contributed by atoms with Gasteiger partial charge in [-0.25, -0.2) is 0 Å². The molecule has 1 saturated heterocycles. The molecule has 9 N–H and O–H groups in total. The van der Waals surface area contributed by atoms with Crippen LogP contribution < -0.4 is 26.0 Å². The minimum Gasteiger partial charge on any atom is -0.507 e. The molecule has 4 amide bonds. The van der Waals surface area contributed by atoms with Gasteiger partial charge < -0.3 is 61.0 Å². The van der Waals surface area contributed by atoms with Crippen LogP contribution in [0.1, 0.15) is 115 Å². The minimum atomic E-state index is -2.18. The lowest BCUT2D eigenvalue weighted by molar-refractivity contribution is -0.249. The molecular formula is C44H56N4O16S. The van der Waals surface area contributed by atoms with Gasteiger partial charge in [-0.15, -0.1) is 0 Å². The predicted molar refractivity (Wildman–Crippen MR) is 230 cm³/mol. The summed E-state index contributed by atoms with van der Waals surface area (Å²) in [5.74, 6) is -7.42. The van der Waals surface area contributed by atoms with Gasteiger partial charge in [0, 0.05) is 42.4 Å². The molecule has 2 aromatic carbocycles. The average Bonchev–Trinajstić information content (AvgIpc) is 3.24. The number of aromatic hydroxyl groups is 2. The number of carbonyl (C=O) groups is 8. The van der Waals surface area contributed by atoms with E-state index in [1.807, 2.05) is 0 Å². The number of aliphatic carboxylic acids is 1. The number of thioether (sulfide) groups is 1. The maximum atomic E-state index is 14.0. The highest BCUT2D eigenvalue weighted by atomic mass is 32.2. The molecule has 0 saturated carbocycles. The van der Waals surface area contributed by atoms with E-state index < -0.39 is 144 Å². The zero-order valence-corrected chi connectivity index (χ0v) is 37.7. The number of amides is 4. The number of methoxy groups -OCH3 is 1. The molecule has 5 rings (SSSR count). The number of phenolic OH excluding ortho intramolecular Hbond substituents is 2. The molecule has 8 atom stereocenters. The Kier molecular flexibility index (Phi) is 16.4. The molecule has 0 spiro atoms. The summed E-state index contributed by atoms with van der Waals surface area (Å²) in [7, 11) is 1.30. The Hall–Kier alpha value is -5.61. The highest BCUT2D eigenvalue weighted by molar-refractivity contribution is 7.98. The molecule has 21 heteroatoms. The van der Waals surface area contributed by atoms with Gasteiger partial charge in [0.2, 0.25) is 29.4 Å². The van der Waals surface area contributed by atoms with E-state index in [9.17, 15) is 58.8 Å². The Bertz CT molecular complexity index is 2230. The van der Waals surface area contributed by atoms with Gasteiger partial charge >= 0.3 is 5.97 Å². The van der Waals surface area contributed by atoms with Gasteiger partial charge in [-0.3, -0.25) is 38.4 Å². The van der Waals surface area contributed by atoms with Crippen LogP contribution in [0.5, 0.6) is 17.2 Å². The zero-order chi connectivity index (χ0) is 48.1. The molecule has 2 aliphatic carbocycles. The standard InChI is InChI=1S/C44H56N4O16S/c1-19(2)14-26(47-30(51)18-45-42(59)24(12-13-65-6)46-29(50)10-11-31(52)53)43(60)48-25-15-32(63-20(3)37(25)54)64-28-17-44(61,21(4)49)16-23-34(28)41(58)36-35(39(23)56)38(55)22-8-7-9-27(62-5)33(22)40(36)57/h7-9,19-20,24-26,28,32,37,54,56,58,61H,10-18H2,1-6H3,(H,45,59)(H,46,50)(H,47,51)(H,48,60)(H,52,53)/t20-,24-,25-,26-,28-,32-,37+,44-/m0/s1. The summed E-state index contributed by atoms with van der Waals surface area (Å²) in [5.41, 5.74) is -3.86. The van der Waals surface area contributed by atoms with Crippen molar-refractivity contribution in [2.24, 2.45) is 5.92 Å². The number of aliphatic hydroxyl groups excluding tert-OH is 1. The second-order valence-electron chi connectivity index (χ2n) is 16.8. The van der Waals surface area contributed by atoms with Crippen molar-refractivity contribution in [1.82, 2.24) is 21.3 Å². The summed E-state index contributed by atoms with van der Waals surface area (Å²) in [6, 6.07) is 0.991. The molecule has 0 bridgehead atoms. The third kappa shape index (κ3) is 11.3. The largest absolute Gasteiger partial charge is 0.507 e. The molecule has 2 aromatic rings. The molecular weight excluding hydrogens is 873 g/mol. The first-order chi connectivity index (χ1) is 30.6. The Morgan fingerprint density at radius 3 is 2.26 bits per heavy atom. The van der Waals surface area contributed by atoms with Gasteiger partial charge in [0.1, 0.15) is 41.0 Å². The number of phenols is 2. The first kappa shape index (κ1) is 50.4. The van der Waals surface area contributed by atoms with Gasteiger partial charge in [0.15, 0.2) is 17.9 Å². The molecule has 354 valence electrons. The van der Waals surface area contributed by atoms with E-state index in [1.165, 1.54) is 44.0 Å². The third-order valence-corrected chi connectivity index (χ3v) is 12.3. The van der Waals surface area contributed by atoms with Gasteiger partial charge in [-0.05, 0) is 50.7 Å². The Morgan fingerprint density at radius 2 is 1.63 bits per heavy atom. The second-order valence-corrected chi connectivity index (χ2v) is 17.8. The molecule has 3 aliphatic rings. The smallest absolute Gasteiger partial charge is 0.303 e. The summed E-state index contributed by atoms with van der Waals surface area (Å²) >= 11 is 1.41. The summed E-state index contributed by atoms with van der Waals surface area (Å²) in [4.78, 5) is 104. The zero-order valence-electron chi connectivity index (χ0n) is 36.8.